The number of pyridine rings is 1. The fourth-order valence-corrected chi connectivity index (χ4v) is 3.10. The molecule has 0 aromatic carbocycles. The summed E-state index contributed by atoms with van der Waals surface area (Å²) in [6.07, 6.45) is 6.91. The van der Waals surface area contributed by atoms with E-state index in [1.54, 1.807) is 4.91 Å². The molecule has 1 aromatic rings. The van der Waals surface area contributed by atoms with Crippen molar-refractivity contribution >= 4 is 17.3 Å². The first-order valence-corrected chi connectivity index (χ1v) is 6.66. The van der Waals surface area contributed by atoms with E-state index in [9.17, 15) is 0 Å². The van der Waals surface area contributed by atoms with Crippen LogP contribution in [0.3, 0.4) is 0 Å². The molecule has 0 fully saturated rings. The molecule has 2 heteroatoms. The Balaban J connectivity index is 2.18. The van der Waals surface area contributed by atoms with Crippen molar-refractivity contribution in [1.82, 2.24) is 4.98 Å². The van der Waals surface area contributed by atoms with Gasteiger partial charge in [-0.3, -0.25) is 4.98 Å². The van der Waals surface area contributed by atoms with E-state index in [4.69, 9.17) is 0 Å². The molecule has 0 aliphatic carbocycles. The Labute approximate surface area is 96.0 Å². The molecule has 0 spiro atoms. The molecule has 2 rings (SSSR count). The van der Waals surface area contributed by atoms with Crippen molar-refractivity contribution < 1.29 is 0 Å². The maximum absolute atomic E-state index is 4.45. The lowest BCUT2D eigenvalue weighted by Gasteiger charge is -2.05. The largest absolute Gasteiger partial charge is 0.257 e. The highest BCUT2D eigenvalue weighted by molar-refractivity contribution is 8.03. The van der Waals surface area contributed by atoms with Crippen LogP contribution in [0.2, 0.25) is 0 Å². The molecule has 1 aliphatic heterocycles. The quantitative estimate of drug-likeness (QED) is 0.755. The number of aromatic nitrogens is 1. The van der Waals surface area contributed by atoms with Crippen LogP contribution in [0.1, 0.15) is 38.3 Å². The number of hydrogen-bond acceptors (Lipinski definition) is 2. The summed E-state index contributed by atoms with van der Waals surface area (Å²) in [6.45, 7) is 2.25. The molecule has 0 saturated heterocycles. The zero-order valence-electron chi connectivity index (χ0n) is 9.20. The fourth-order valence-electron chi connectivity index (χ4n) is 1.88. The second kappa shape index (κ2) is 5.36. The Morgan fingerprint density at radius 1 is 1.40 bits per heavy atom. The van der Waals surface area contributed by atoms with Gasteiger partial charge in [0.2, 0.25) is 0 Å². The predicted octanol–water partition coefficient (Wildman–Crippen LogP) is 4.12. The minimum atomic E-state index is 1.19. The lowest BCUT2D eigenvalue weighted by Crippen LogP contribution is -1.88. The zero-order chi connectivity index (χ0) is 10.5. The van der Waals surface area contributed by atoms with Crippen LogP contribution in [0.4, 0.5) is 0 Å². The van der Waals surface area contributed by atoms with Gasteiger partial charge in [0.15, 0.2) is 0 Å². The predicted molar refractivity (Wildman–Crippen MR) is 67.8 cm³/mol. The van der Waals surface area contributed by atoms with Gasteiger partial charge in [0.05, 0.1) is 5.69 Å². The molecule has 2 heterocycles. The minimum Gasteiger partial charge on any atom is -0.257 e. The SMILES string of the molecule is CCCCC1=C(c2ccccn2)CCS1. The van der Waals surface area contributed by atoms with Crippen molar-refractivity contribution in [2.75, 3.05) is 5.75 Å². The first kappa shape index (κ1) is 10.7. The first-order chi connectivity index (χ1) is 7.42. The van der Waals surface area contributed by atoms with Gasteiger partial charge < -0.3 is 0 Å². The number of allylic oxidation sites excluding steroid dienone is 2. The molecule has 0 unspecified atom stereocenters. The summed E-state index contributed by atoms with van der Waals surface area (Å²) >= 11 is 2.02. The molecular weight excluding hydrogens is 202 g/mol. The van der Waals surface area contributed by atoms with Crippen molar-refractivity contribution in [2.45, 2.75) is 32.6 Å². The fraction of sp³-hybridized carbons (Fsp3) is 0.462. The van der Waals surface area contributed by atoms with E-state index in [0.29, 0.717) is 0 Å². The van der Waals surface area contributed by atoms with E-state index in [-0.39, 0.29) is 0 Å². The second-order valence-electron chi connectivity index (χ2n) is 3.82. The summed E-state index contributed by atoms with van der Waals surface area (Å²) in [5.41, 5.74) is 2.68. The Hall–Kier alpha value is -0.760. The Kier molecular flexibility index (Phi) is 3.84. The van der Waals surface area contributed by atoms with Crippen LogP contribution in [-0.4, -0.2) is 10.7 Å². The third kappa shape index (κ3) is 2.63. The van der Waals surface area contributed by atoms with Gasteiger partial charge in [-0.15, -0.1) is 11.8 Å². The van der Waals surface area contributed by atoms with Crippen LogP contribution in [0.15, 0.2) is 29.3 Å². The summed E-state index contributed by atoms with van der Waals surface area (Å²) in [7, 11) is 0. The molecule has 1 aliphatic rings. The Morgan fingerprint density at radius 2 is 2.33 bits per heavy atom. The zero-order valence-corrected chi connectivity index (χ0v) is 10.0. The minimum absolute atomic E-state index is 1.19. The van der Waals surface area contributed by atoms with Gasteiger partial charge in [-0.25, -0.2) is 0 Å². The number of thioether (sulfide) groups is 1. The maximum atomic E-state index is 4.45. The summed E-state index contributed by atoms with van der Waals surface area (Å²) in [5.74, 6) is 1.24. The van der Waals surface area contributed by atoms with E-state index in [1.807, 2.05) is 24.0 Å². The molecule has 0 radical (unpaired) electrons. The molecule has 0 bridgehead atoms. The first-order valence-electron chi connectivity index (χ1n) is 5.68. The van der Waals surface area contributed by atoms with Crippen molar-refractivity contribution in [3.05, 3.63) is 35.0 Å². The number of rotatable bonds is 4. The topological polar surface area (TPSA) is 12.9 Å². The standard InChI is InChI=1S/C13H17NS/c1-2-3-7-13-11(8-10-15-13)12-6-4-5-9-14-12/h4-6,9H,2-3,7-8,10H2,1H3. The number of unbranched alkanes of at least 4 members (excludes halogenated alkanes) is 1. The van der Waals surface area contributed by atoms with Gasteiger partial charge in [-0.05, 0) is 41.9 Å². The van der Waals surface area contributed by atoms with E-state index < -0.39 is 0 Å². The summed E-state index contributed by atoms with van der Waals surface area (Å²) in [6, 6.07) is 6.20. The Morgan fingerprint density at radius 3 is 3.07 bits per heavy atom. The van der Waals surface area contributed by atoms with Crippen LogP contribution in [-0.2, 0) is 0 Å². The lowest BCUT2D eigenvalue weighted by atomic mass is 10.1. The average Bonchev–Trinajstić information content (AvgIpc) is 2.75. The smallest absolute Gasteiger partial charge is 0.0669 e. The molecule has 0 atom stereocenters. The molecule has 15 heavy (non-hydrogen) atoms. The Bertz CT molecular complexity index is 343. The maximum Gasteiger partial charge on any atom is 0.0669 e. The van der Waals surface area contributed by atoms with Crippen molar-refractivity contribution in [2.24, 2.45) is 0 Å². The molecule has 1 aromatic heterocycles. The highest BCUT2D eigenvalue weighted by Crippen LogP contribution is 2.39. The van der Waals surface area contributed by atoms with Crippen molar-refractivity contribution in [1.29, 1.82) is 0 Å². The molecule has 0 saturated carbocycles. The average molecular weight is 219 g/mol. The van der Waals surface area contributed by atoms with Crippen LogP contribution < -0.4 is 0 Å². The molecule has 0 N–H and O–H groups in total. The molecule has 80 valence electrons. The van der Waals surface area contributed by atoms with E-state index >= 15 is 0 Å². The summed E-state index contributed by atoms with van der Waals surface area (Å²) in [5, 5.41) is 0. The van der Waals surface area contributed by atoms with Crippen molar-refractivity contribution in [3.8, 4) is 0 Å². The molecular formula is C13H17NS. The van der Waals surface area contributed by atoms with Crippen LogP contribution in [0, 0.1) is 0 Å². The van der Waals surface area contributed by atoms with E-state index in [0.717, 1.165) is 0 Å². The highest BCUT2D eigenvalue weighted by atomic mass is 32.2. The summed E-state index contributed by atoms with van der Waals surface area (Å²) in [4.78, 5) is 6.03. The van der Waals surface area contributed by atoms with Gasteiger partial charge in [-0.2, -0.15) is 0 Å². The monoisotopic (exact) mass is 219 g/mol. The second-order valence-corrected chi connectivity index (χ2v) is 5.01. The molecule has 0 amide bonds. The number of nitrogens with zero attached hydrogens (tertiary/aromatic N) is 1. The summed E-state index contributed by atoms with van der Waals surface area (Å²) < 4.78 is 0. The number of hydrogen-bond donors (Lipinski definition) is 0. The van der Waals surface area contributed by atoms with Gasteiger partial charge in [0, 0.05) is 11.9 Å². The van der Waals surface area contributed by atoms with E-state index in [2.05, 4.69) is 24.0 Å². The van der Waals surface area contributed by atoms with Gasteiger partial charge in [-0.1, -0.05) is 19.4 Å². The van der Waals surface area contributed by atoms with Gasteiger partial charge >= 0.3 is 0 Å². The van der Waals surface area contributed by atoms with Crippen LogP contribution in [0.25, 0.3) is 5.57 Å². The third-order valence-electron chi connectivity index (χ3n) is 2.70. The normalized spacial score (nSPS) is 16.1. The van der Waals surface area contributed by atoms with Gasteiger partial charge in [0.25, 0.3) is 0 Å². The van der Waals surface area contributed by atoms with E-state index in [1.165, 1.54) is 42.7 Å². The van der Waals surface area contributed by atoms with Crippen LogP contribution in [0.5, 0.6) is 0 Å². The molecule has 1 nitrogen and oxygen atoms in total. The van der Waals surface area contributed by atoms with Gasteiger partial charge in [0.1, 0.15) is 0 Å². The highest BCUT2D eigenvalue weighted by Gasteiger charge is 2.16. The van der Waals surface area contributed by atoms with Crippen LogP contribution >= 0.6 is 11.8 Å². The van der Waals surface area contributed by atoms with Crippen molar-refractivity contribution in [3.63, 3.8) is 0 Å². The lowest BCUT2D eigenvalue weighted by molar-refractivity contribution is 0.809. The third-order valence-corrected chi connectivity index (χ3v) is 3.90.